The maximum atomic E-state index is 12.5. The number of alkyl halides is 3. The topological polar surface area (TPSA) is 75.9 Å². The highest BCUT2D eigenvalue weighted by atomic mass is 19.4. The normalized spacial score (nSPS) is 21.2. The van der Waals surface area contributed by atoms with Gasteiger partial charge in [-0.1, -0.05) is 6.08 Å². The van der Waals surface area contributed by atoms with Crippen molar-refractivity contribution >= 4 is 23.1 Å². The molecule has 1 fully saturated rings. The van der Waals surface area contributed by atoms with Crippen molar-refractivity contribution in [2.75, 3.05) is 5.32 Å². The van der Waals surface area contributed by atoms with Crippen LogP contribution in [-0.2, 0) is 11.8 Å². The summed E-state index contributed by atoms with van der Waals surface area (Å²) in [6.45, 7) is 0. The van der Waals surface area contributed by atoms with Gasteiger partial charge in [0.15, 0.2) is 0 Å². The van der Waals surface area contributed by atoms with Crippen molar-refractivity contribution in [1.29, 1.82) is 0 Å². The standard InChI is InChI=1S/C19H21F3N6O/c1-27-11-13(10-24-27)25-18-23-7-5-16(26-18)12-8-14-2-3-15(9-12)28(14)17(29)4-6-19(20,21)22/h5,7-8,10-11,14-15H,2-4,6,9H2,1H3,(H,23,25,26). The number of aromatic nitrogens is 4. The van der Waals surface area contributed by atoms with E-state index in [0.29, 0.717) is 12.4 Å². The zero-order valence-corrected chi connectivity index (χ0v) is 15.9. The molecule has 2 aliphatic heterocycles. The van der Waals surface area contributed by atoms with Crippen LogP contribution in [0.5, 0.6) is 0 Å². The van der Waals surface area contributed by atoms with Crippen molar-refractivity contribution in [2.24, 2.45) is 7.05 Å². The number of hydrogen-bond donors (Lipinski definition) is 1. The van der Waals surface area contributed by atoms with Crippen molar-refractivity contribution < 1.29 is 18.0 Å². The second kappa shape index (κ2) is 7.49. The van der Waals surface area contributed by atoms with Gasteiger partial charge in [0.1, 0.15) is 0 Å². The summed E-state index contributed by atoms with van der Waals surface area (Å²) in [6, 6.07) is 1.56. The maximum Gasteiger partial charge on any atom is 0.389 e. The molecule has 2 aromatic heterocycles. The fourth-order valence-corrected chi connectivity index (χ4v) is 4.00. The van der Waals surface area contributed by atoms with Gasteiger partial charge in [-0.25, -0.2) is 9.97 Å². The third-order valence-electron chi connectivity index (χ3n) is 5.25. The van der Waals surface area contributed by atoms with Gasteiger partial charge < -0.3 is 10.2 Å². The molecule has 2 bridgehead atoms. The molecule has 2 unspecified atom stereocenters. The Morgan fingerprint density at radius 3 is 2.86 bits per heavy atom. The van der Waals surface area contributed by atoms with Crippen LogP contribution in [0, 0.1) is 0 Å². The van der Waals surface area contributed by atoms with Crippen LogP contribution in [0.4, 0.5) is 24.8 Å². The lowest BCUT2D eigenvalue weighted by Crippen LogP contribution is -2.43. The number of carbonyl (C=O) groups is 1. The molecule has 0 aliphatic carbocycles. The number of aryl methyl sites for hydroxylation is 1. The highest BCUT2D eigenvalue weighted by molar-refractivity contribution is 5.80. The molecule has 4 rings (SSSR count). The molecule has 2 atom stereocenters. The SMILES string of the molecule is Cn1cc(Nc2nccc(C3=CC4CCC(C3)N4C(=O)CCC(F)(F)F)n2)cn1. The molecular weight excluding hydrogens is 385 g/mol. The van der Waals surface area contributed by atoms with Gasteiger partial charge in [0.25, 0.3) is 0 Å². The summed E-state index contributed by atoms with van der Waals surface area (Å²) >= 11 is 0. The van der Waals surface area contributed by atoms with Crippen LogP contribution in [0.2, 0.25) is 0 Å². The predicted octanol–water partition coefficient (Wildman–Crippen LogP) is 3.44. The smallest absolute Gasteiger partial charge is 0.333 e. The molecule has 1 amide bonds. The van der Waals surface area contributed by atoms with Crippen LogP contribution in [0.25, 0.3) is 5.57 Å². The van der Waals surface area contributed by atoms with Gasteiger partial charge in [0.05, 0.1) is 30.0 Å². The number of amides is 1. The number of carbonyl (C=O) groups excluding carboxylic acids is 1. The fraction of sp³-hybridized carbons (Fsp3) is 0.474. The number of nitrogens with zero attached hydrogens (tertiary/aromatic N) is 5. The van der Waals surface area contributed by atoms with Crippen molar-refractivity contribution in [3.63, 3.8) is 0 Å². The highest BCUT2D eigenvalue weighted by Crippen LogP contribution is 2.39. The Morgan fingerprint density at radius 1 is 1.34 bits per heavy atom. The first-order valence-corrected chi connectivity index (χ1v) is 9.46. The van der Waals surface area contributed by atoms with E-state index in [4.69, 9.17) is 0 Å². The van der Waals surface area contributed by atoms with Crippen molar-refractivity contribution in [1.82, 2.24) is 24.6 Å². The summed E-state index contributed by atoms with van der Waals surface area (Å²) in [5.41, 5.74) is 2.52. The van der Waals surface area contributed by atoms with Crippen LogP contribution < -0.4 is 5.32 Å². The second-order valence-electron chi connectivity index (χ2n) is 7.40. The van der Waals surface area contributed by atoms with Crippen molar-refractivity contribution in [3.8, 4) is 0 Å². The van der Waals surface area contributed by atoms with Gasteiger partial charge in [0, 0.05) is 31.9 Å². The molecule has 0 radical (unpaired) electrons. The van der Waals surface area contributed by atoms with E-state index in [9.17, 15) is 18.0 Å². The second-order valence-corrected chi connectivity index (χ2v) is 7.40. The predicted molar refractivity (Wildman–Crippen MR) is 100 cm³/mol. The number of nitrogens with one attached hydrogen (secondary N) is 1. The first-order chi connectivity index (χ1) is 13.8. The van der Waals surface area contributed by atoms with E-state index in [1.165, 1.54) is 0 Å². The highest BCUT2D eigenvalue weighted by Gasteiger charge is 2.40. The van der Waals surface area contributed by atoms with E-state index < -0.39 is 24.9 Å². The molecule has 0 spiro atoms. The molecule has 4 heterocycles. The number of anilines is 2. The van der Waals surface area contributed by atoms with Gasteiger partial charge in [-0.3, -0.25) is 9.48 Å². The lowest BCUT2D eigenvalue weighted by molar-refractivity contribution is -0.150. The van der Waals surface area contributed by atoms with E-state index in [-0.39, 0.29) is 12.1 Å². The minimum atomic E-state index is -4.32. The Balaban J connectivity index is 1.48. The van der Waals surface area contributed by atoms with Gasteiger partial charge in [0.2, 0.25) is 11.9 Å². The summed E-state index contributed by atoms with van der Waals surface area (Å²) in [7, 11) is 1.81. The van der Waals surface area contributed by atoms with Crippen LogP contribution in [0.3, 0.4) is 0 Å². The third kappa shape index (κ3) is 4.41. The van der Waals surface area contributed by atoms with Gasteiger partial charge in [-0.15, -0.1) is 0 Å². The Bertz CT molecular complexity index is 938. The van der Waals surface area contributed by atoms with E-state index in [1.54, 1.807) is 34.2 Å². The van der Waals surface area contributed by atoms with Gasteiger partial charge in [-0.05, 0) is 30.9 Å². The fourth-order valence-electron chi connectivity index (χ4n) is 4.00. The summed E-state index contributed by atoms with van der Waals surface area (Å²) < 4.78 is 39.1. The molecule has 7 nitrogen and oxygen atoms in total. The molecule has 2 aromatic rings. The van der Waals surface area contributed by atoms with Crippen molar-refractivity contribution in [3.05, 3.63) is 36.4 Å². The molecule has 10 heteroatoms. The molecule has 154 valence electrons. The van der Waals surface area contributed by atoms with Gasteiger partial charge >= 0.3 is 6.18 Å². The molecular formula is C19H21F3N6O. The van der Waals surface area contributed by atoms with E-state index >= 15 is 0 Å². The molecule has 0 aromatic carbocycles. The van der Waals surface area contributed by atoms with Crippen LogP contribution >= 0.6 is 0 Å². The monoisotopic (exact) mass is 406 g/mol. The summed E-state index contributed by atoms with van der Waals surface area (Å²) in [4.78, 5) is 22.8. The minimum absolute atomic E-state index is 0.0783. The Morgan fingerprint density at radius 2 is 2.17 bits per heavy atom. The van der Waals surface area contributed by atoms with Crippen LogP contribution in [-0.4, -0.2) is 48.8 Å². The molecule has 0 saturated carbocycles. The Kier molecular flexibility index (Phi) is 5.01. The van der Waals surface area contributed by atoms with E-state index in [0.717, 1.165) is 29.8 Å². The summed E-state index contributed by atoms with van der Waals surface area (Å²) in [5.74, 6) is 0.0131. The number of hydrogen-bond acceptors (Lipinski definition) is 5. The third-order valence-corrected chi connectivity index (χ3v) is 5.25. The average molecular weight is 406 g/mol. The van der Waals surface area contributed by atoms with Gasteiger partial charge in [-0.2, -0.15) is 18.3 Å². The molecule has 29 heavy (non-hydrogen) atoms. The lowest BCUT2D eigenvalue weighted by Gasteiger charge is -2.34. The first-order valence-electron chi connectivity index (χ1n) is 9.46. The molecule has 1 saturated heterocycles. The Hall–Kier alpha value is -2.91. The zero-order valence-electron chi connectivity index (χ0n) is 15.9. The number of rotatable bonds is 5. The summed E-state index contributed by atoms with van der Waals surface area (Å²) in [6.07, 6.45) is 3.34. The maximum absolute atomic E-state index is 12.5. The number of halogens is 3. The minimum Gasteiger partial charge on any atom is -0.333 e. The molecule has 1 N–H and O–H groups in total. The first kappa shape index (κ1) is 19.4. The average Bonchev–Trinajstić information content (AvgIpc) is 3.19. The van der Waals surface area contributed by atoms with E-state index in [1.807, 2.05) is 13.1 Å². The van der Waals surface area contributed by atoms with E-state index in [2.05, 4.69) is 20.4 Å². The lowest BCUT2D eigenvalue weighted by atomic mass is 9.98. The number of fused-ring (bicyclic) bond motifs is 2. The summed E-state index contributed by atoms with van der Waals surface area (Å²) in [5, 5.41) is 7.18. The van der Waals surface area contributed by atoms with Crippen LogP contribution in [0.1, 0.15) is 37.8 Å². The van der Waals surface area contributed by atoms with Crippen molar-refractivity contribution in [2.45, 2.75) is 50.4 Å². The quantitative estimate of drug-likeness (QED) is 0.823. The molecule has 2 aliphatic rings. The zero-order chi connectivity index (χ0) is 20.6. The van der Waals surface area contributed by atoms with Crippen LogP contribution in [0.15, 0.2) is 30.7 Å². The largest absolute Gasteiger partial charge is 0.389 e. The Labute approximate surface area is 165 Å².